The van der Waals surface area contributed by atoms with Crippen LogP contribution in [0.5, 0.6) is 5.75 Å². The number of hydrogen-bond donors (Lipinski definition) is 0. The van der Waals surface area contributed by atoms with E-state index in [9.17, 15) is 9.18 Å². The van der Waals surface area contributed by atoms with E-state index in [1.54, 1.807) is 19.2 Å². The zero-order valence-electron chi connectivity index (χ0n) is 21.6. The smallest absolute Gasteiger partial charge is 0.339 e. The number of pyridine rings is 1. The van der Waals surface area contributed by atoms with Crippen LogP contribution in [0.2, 0.25) is 5.02 Å². The molecule has 0 N–H and O–H groups in total. The second-order valence-electron chi connectivity index (χ2n) is 10.2. The van der Waals surface area contributed by atoms with E-state index in [1.165, 1.54) is 6.07 Å². The van der Waals surface area contributed by atoms with Crippen LogP contribution in [0.4, 0.5) is 4.39 Å². The number of esters is 1. The maximum atomic E-state index is 14.9. The molecule has 0 spiro atoms. The lowest BCUT2D eigenvalue weighted by Crippen LogP contribution is -2.29. The number of halogens is 2. The van der Waals surface area contributed by atoms with Crippen LogP contribution in [0.3, 0.4) is 0 Å². The molecule has 3 aromatic carbocycles. The van der Waals surface area contributed by atoms with Gasteiger partial charge in [-0.25, -0.2) is 9.18 Å². The SMILES string of the molecule is CCOC(=O)[C@@H](OC(C)(C)C)c1c(C)cc2cc(Cl)c(F)cc2c1-c1ccc2c3c(ccnc13)CCO2. The van der Waals surface area contributed by atoms with Crippen molar-refractivity contribution in [3.8, 4) is 16.9 Å². The first kappa shape index (κ1) is 25.4. The van der Waals surface area contributed by atoms with Crippen molar-refractivity contribution in [1.82, 2.24) is 4.98 Å². The molecule has 5 rings (SSSR count). The predicted molar refractivity (Wildman–Crippen MR) is 144 cm³/mol. The van der Waals surface area contributed by atoms with Crippen molar-refractivity contribution < 1.29 is 23.4 Å². The topological polar surface area (TPSA) is 57.7 Å². The number of nitrogens with zero attached hydrogens (tertiary/aromatic N) is 1. The van der Waals surface area contributed by atoms with Gasteiger partial charge in [0.25, 0.3) is 0 Å². The summed E-state index contributed by atoms with van der Waals surface area (Å²) >= 11 is 6.18. The molecule has 0 amide bonds. The minimum atomic E-state index is -1.04. The van der Waals surface area contributed by atoms with Gasteiger partial charge in [-0.3, -0.25) is 4.98 Å². The third-order valence-corrected chi connectivity index (χ3v) is 6.79. The summed E-state index contributed by atoms with van der Waals surface area (Å²) in [4.78, 5) is 18.1. The Hall–Kier alpha value is -3.22. The van der Waals surface area contributed by atoms with Gasteiger partial charge < -0.3 is 14.2 Å². The number of ether oxygens (including phenoxy) is 3. The number of aryl methyl sites for hydroxylation is 1. The number of carbonyl (C=O) groups excluding carboxylic acids is 1. The van der Waals surface area contributed by atoms with Crippen LogP contribution >= 0.6 is 11.6 Å². The summed E-state index contributed by atoms with van der Waals surface area (Å²) in [7, 11) is 0. The normalized spacial score (nSPS) is 14.0. The van der Waals surface area contributed by atoms with Gasteiger partial charge >= 0.3 is 5.97 Å². The van der Waals surface area contributed by atoms with Crippen molar-refractivity contribution >= 4 is 39.2 Å². The van der Waals surface area contributed by atoms with Crippen molar-refractivity contribution in [2.24, 2.45) is 0 Å². The summed E-state index contributed by atoms with van der Waals surface area (Å²) < 4.78 is 32.7. The molecule has 0 fully saturated rings. The third kappa shape index (κ3) is 4.64. The Kier molecular flexibility index (Phi) is 6.59. The van der Waals surface area contributed by atoms with E-state index < -0.39 is 23.5 Å². The van der Waals surface area contributed by atoms with Crippen LogP contribution in [-0.4, -0.2) is 29.8 Å². The highest BCUT2D eigenvalue weighted by Crippen LogP contribution is 2.45. The molecule has 192 valence electrons. The molecular weight excluding hydrogens is 493 g/mol. The number of fused-ring (bicyclic) bond motifs is 1. The summed E-state index contributed by atoms with van der Waals surface area (Å²) in [5, 5.41) is 2.30. The minimum Gasteiger partial charge on any atom is -0.493 e. The third-order valence-electron chi connectivity index (χ3n) is 6.50. The van der Waals surface area contributed by atoms with Gasteiger partial charge in [0.15, 0.2) is 6.10 Å². The first-order valence-corrected chi connectivity index (χ1v) is 12.8. The van der Waals surface area contributed by atoms with Crippen molar-refractivity contribution in [3.63, 3.8) is 0 Å². The number of hydrogen-bond acceptors (Lipinski definition) is 5. The van der Waals surface area contributed by atoms with E-state index in [-0.39, 0.29) is 11.6 Å². The number of carbonyl (C=O) groups is 1. The molecule has 1 atom stereocenters. The van der Waals surface area contributed by atoms with Crippen LogP contribution < -0.4 is 4.74 Å². The van der Waals surface area contributed by atoms with Gasteiger partial charge in [0.1, 0.15) is 11.6 Å². The molecule has 5 nitrogen and oxygen atoms in total. The fourth-order valence-corrected chi connectivity index (χ4v) is 5.25. The van der Waals surface area contributed by atoms with Crippen LogP contribution in [0.25, 0.3) is 32.8 Å². The number of rotatable bonds is 5. The Morgan fingerprint density at radius 2 is 2.00 bits per heavy atom. The summed E-state index contributed by atoms with van der Waals surface area (Å²) in [5.74, 6) is -0.294. The summed E-state index contributed by atoms with van der Waals surface area (Å²) in [6.45, 7) is 10.1. The van der Waals surface area contributed by atoms with Gasteiger partial charge in [-0.1, -0.05) is 17.7 Å². The van der Waals surface area contributed by atoms with Gasteiger partial charge in [-0.15, -0.1) is 0 Å². The summed E-state index contributed by atoms with van der Waals surface area (Å²) in [6.07, 6.45) is 1.50. The van der Waals surface area contributed by atoms with Gasteiger partial charge in [0.2, 0.25) is 0 Å². The molecule has 0 bridgehead atoms. The lowest BCUT2D eigenvalue weighted by molar-refractivity contribution is -0.166. The molecule has 1 aliphatic heterocycles. The van der Waals surface area contributed by atoms with Gasteiger partial charge in [0.05, 0.1) is 29.4 Å². The second-order valence-corrected chi connectivity index (χ2v) is 10.6. The van der Waals surface area contributed by atoms with E-state index in [2.05, 4.69) is 0 Å². The molecule has 0 unspecified atom stereocenters. The molecule has 2 heterocycles. The van der Waals surface area contributed by atoms with Crippen molar-refractivity contribution in [3.05, 3.63) is 70.1 Å². The first-order valence-electron chi connectivity index (χ1n) is 12.4. The van der Waals surface area contributed by atoms with E-state index in [0.29, 0.717) is 23.1 Å². The second kappa shape index (κ2) is 9.58. The Bertz CT molecular complexity index is 1530. The zero-order valence-corrected chi connectivity index (χ0v) is 22.3. The van der Waals surface area contributed by atoms with Gasteiger partial charge in [-0.2, -0.15) is 0 Å². The Morgan fingerprint density at radius 1 is 1.22 bits per heavy atom. The molecule has 1 aromatic heterocycles. The molecule has 37 heavy (non-hydrogen) atoms. The average molecular weight is 522 g/mol. The zero-order chi connectivity index (χ0) is 26.5. The van der Waals surface area contributed by atoms with Crippen LogP contribution in [0.15, 0.2) is 42.6 Å². The standard InChI is InChI=1S/C30H29ClFNO4/c1-6-35-29(34)28(37-30(3,4)5)24-16(2)13-18-14-21(31)22(32)15-20(18)26(24)19-7-8-23-25-17(10-12-36-23)9-11-33-27(19)25/h7-9,11,13-15,28H,6,10,12H2,1-5H3/t28-/m0/s1. The highest BCUT2D eigenvalue weighted by atomic mass is 35.5. The predicted octanol–water partition coefficient (Wildman–Crippen LogP) is 7.51. The molecule has 0 saturated carbocycles. The van der Waals surface area contributed by atoms with E-state index in [0.717, 1.165) is 45.1 Å². The fraction of sp³-hybridized carbons (Fsp3) is 0.333. The molecule has 7 heteroatoms. The quantitative estimate of drug-likeness (QED) is 0.254. The summed E-state index contributed by atoms with van der Waals surface area (Å²) in [5.41, 5.74) is 4.02. The van der Waals surface area contributed by atoms with Crippen molar-refractivity contribution in [1.29, 1.82) is 0 Å². The maximum Gasteiger partial charge on any atom is 0.339 e. The fourth-order valence-electron chi connectivity index (χ4n) is 5.08. The Balaban J connectivity index is 1.92. The van der Waals surface area contributed by atoms with Crippen LogP contribution in [0, 0.1) is 12.7 Å². The lowest BCUT2D eigenvalue weighted by Gasteiger charge is -2.30. The summed E-state index contributed by atoms with van der Waals surface area (Å²) in [6, 6.07) is 10.8. The van der Waals surface area contributed by atoms with E-state index in [4.69, 9.17) is 30.8 Å². The van der Waals surface area contributed by atoms with Crippen LogP contribution in [-0.2, 0) is 20.7 Å². The van der Waals surface area contributed by atoms with Crippen molar-refractivity contribution in [2.75, 3.05) is 13.2 Å². The highest BCUT2D eigenvalue weighted by Gasteiger charge is 2.34. The van der Waals surface area contributed by atoms with Gasteiger partial charge in [-0.05, 0) is 92.4 Å². The van der Waals surface area contributed by atoms with Crippen molar-refractivity contribution in [2.45, 2.75) is 52.7 Å². The van der Waals surface area contributed by atoms with E-state index >= 15 is 0 Å². The average Bonchev–Trinajstić information content (AvgIpc) is 2.84. The molecule has 4 aromatic rings. The highest BCUT2D eigenvalue weighted by molar-refractivity contribution is 6.31. The molecule has 1 aliphatic rings. The number of benzene rings is 3. The molecule has 0 radical (unpaired) electrons. The first-order chi connectivity index (χ1) is 17.6. The number of aromatic nitrogens is 1. The largest absolute Gasteiger partial charge is 0.493 e. The molecule has 0 saturated heterocycles. The lowest BCUT2D eigenvalue weighted by atomic mass is 9.85. The maximum absolute atomic E-state index is 14.9. The minimum absolute atomic E-state index is 0.0295. The van der Waals surface area contributed by atoms with Crippen LogP contribution in [0.1, 0.15) is 50.5 Å². The Labute approximate surface area is 220 Å². The van der Waals surface area contributed by atoms with Gasteiger partial charge in [0, 0.05) is 29.1 Å². The Morgan fingerprint density at radius 3 is 2.73 bits per heavy atom. The van der Waals surface area contributed by atoms with E-state index in [1.807, 2.05) is 52.0 Å². The molecular formula is C30H29ClFNO4. The molecule has 0 aliphatic carbocycles. The monoisotopic (exact) mass is 521 g/mol.